The fourth-order valence-electron chi connectivity index (χ4n) is 4.86. The second-order valence-electron chi connectivity index (χ2n) is 9.76. The maximum absolute atomic E-state index is 12.8. The molecule has 0 unspecified atom stereocenters. The average Bonchev–Trinajstić information content (AvgIpc) is 3.38. The highest BCUT2D eigenvalue weighted by Gasteiger charge is 2.33. The van der Waals surface area contributed by atoms with Gasteiger partial charge in [-0.3, -0.25) is 4.79 Å². The molecule has 0 N–H and O–H groups in total. The molecule has 2 aromatic rings. The van der Waals surface area contributed by atoms with Gasteiger partial charge < -0.3 is 9.30 Å². The van der Waals surface area contributed by atoms with Crippen LogP contribution in [0.2, 0.25) is 0 Å². The van der Waals surface area contributed by atoms with E-state index in [1.807, 2.05) is 19.1 Å². The Bertz CT molecular complexity index is 1130. The van der Waals surface area contributed by atoms with Crippen LogP contribution >= 0.6 is 11.8 Å². The first-order valence-corrected chi connectivity index (χ1v) is 14.0. The first-order valence-electron chi connectivity index (χ1n) is 11.8. The Morgan fingerprint density at radius 3 is 2.45 bits per heavy atom. The maximum atomic E-state index is 12.8. The van der Waals surface area contributed by atoms with Gasteiger partial charge in [-0.25, -0.2) is 8.42 Å². The molecule has 0 radical (unpaired) electrons. The number of nitrogens with zero attached hydrogens (tertiary/aromatic N) is 2. The van der Waals surface area contributed by atoms with Gasteiger partial charge in [0.1, 0.15) is 6.54 Å². The van der Waals surface area contributed by atoms with Crippen molar-refractivity contribution in [3.8, 4) is 0 Å². The summed E-state index contributed by atoms with van der Waals surface area (Å²) in [5.41, 5.74) is 3.81. The van der Waals surface area contributed by atoms with Gasteiger partial charge in [-0.1, -0.05) is 25.6 Å². The number of sulfonamides is 1. The van der Waals surface area contributed by atoms with Gasteiger partial charge in [-0.05, 0) is 81.2 Å². The number of rotatable bonds is 7. The fourth-order valence-corrected chi connectivity index (χ4v) is 7.49. The van der Waals surface area contributed by atoms with Crippen molar-refractivity contribution < 1.29 is 17.9 Å². The van der Waals surface area contributed by atoms with Crippen LogP contribution in [0, 0.1) is 12.3 Å². The minimum absolute atomic E-state index is 0.192. The molecule has 2 aliphatic rings. The first kappa shape index (κ1) is 24.4. The van der Waals surface area contributed by atoms with Crippen LogP contribution < -0.4 is 0 Å². The SMILES string of the molecule is CCOC(=O)Cn1c(C)c(Sc2ccc(S(=O)(=O)N3CCCC3)cc2)c2c1CC(C)(C)CC2. The molecule has 33 heavy (non-hydrogen) atoms. The van der Waals surface area contributed by atoms with Crippen molar-refractivity contribution in [2.24, 2.45) is 5.41 Å². The first-order chi connectivity index (χ1) is 15.6. The Morgan fingerprint density at radius 1 is 1.15 bits per heavy atom. The molecule has 1 aliphatic carbocycles. The average molecular weight is 491 g/mol. The largest absolute Gasteiger partial charge is 0.465 e. The molecule has 1 aromatic carbocycles. The minimum atomic E-state index is -3.41. The number of aromatic nitrogens is 1. The van der Waals surface area contributed by atoms with E-state index in [9.17, 15) is 13.2 Å². The summed E-state index contributed by atoms with van der Waals surface area (Å²) in [4.78, 5) is 14.8. The van der Waals surface area contributed by atoms with Gasteiger partial charge in [0, 0.05) is 34.3 Å². The summed E-state index contributed by atoms with van der Waals surface area (Å²) in [7, 11) is -3.41. The zero-order valence-electron chi connectivity index (χ0n) is 20.0. The number of fused-ring (bicyclic) bond motifs is 1. The van der Waals surface area contributed by atoms with Gasteiger partial charge in [-0.15, -0.1) is 0 Å². The zero-order chi connectivity index (χ0) is 23.8. The predicted octanol–water partition coefficient (Wildman–Crippen LogP) is 4.81. The summed E-state index contributed by atoms with van der Waals surface area (Å²) in [6.07, 6.45) is 4.86. The Hall–Kier alpha value is -1.77. The summed E-state index contributed by atoms with van der Waals surface area (Å²) < 4.78 is 34.6. The molecule has 1 aromatic heterocycles. The van der Waals surface area contributed by atoms with Gasteiger partial charge in [0.2, 0.25) is 10.0 Å². The van der Waals surface area contributed by atoms with Crippen LogP contribution in [0.5, 0.6) is 0 Å². The third-order valence-electron chi connectivity index (χ3n) is 6.72. The summed E-state index contributed by atoms with van der Waals surface area (Å²) in [6.45, 7) is 10.3. The lowest BCUT2D eigenvalue weighted by molar-refractivity contribution is -0.143. The highest BCUT2D eigenvalue weighted by molar-refractivity contribution is 7.99. The lowest BCUT2D eigenvalue weighted by Crippen LogP contribution is -2.27. The molecular weight excluding hydrogens is 456 g/mol. The van der Waals surface area contributed by atoms with Gasteiger partial charge in [0.15, 0.2) is 0 Å². The monoisotopic (exact) mass is 490 g/mol. The number of hydrogen-bond donors (Lipinski definition) is 0. The molecule has 2 heterocycles. The van der Waals surface area contributed by atoms with E-state index in [1.54, 1.807) is 28.2 Å². The van der Waals surface area contributed by atoms with Crippen LogP contribution in [0.1, 0.15) is 57.0 Å². The second-order valence-corrected chi connectivity index (χ2v) is 12.8. The lowest BCUT2D eigenvalue weighted by atomic mass is 9.77. The molecule has 0 bridgehead atoms. The molecule has 4 rings (SSSR count). The standard InChI is InChI=1S/C25H34N2O4S2/c1-5-31-23(28)17-27-18(2)24(21-12-13-25(3,4)16-22(21)27)32-19-8-10-20(11-9-19)33(29,30)26-14-6-7-15-26/h8-11H,5-7,12-17H2,1-4H3. The molecule has 0 spiro atoms. The van der Waals surface area contributed by atoms with Gasteiger partial charge in [0.05, 0.1) is 11.5 Å². The summed E-state index contributed by atoms with van der Waals surface area (Å²) in [5.74, 6) is -0.213. The van der Waals surface area contributed by atoms with Crippen LogP contribution in [0.15, 0.2) is 39.0 Å². The summed E-state index contributed by atoms with van der Waals surface area (Å²) in [6, 6.07) is 7.23. The van der Waals surface area contributed by atoms with Gasteiger partial charge >= 0.3 is 5.97 Å². The molecule has 0 amide bonds. The molecule has 1 saturated heterocycles. The van der Waals surface area contributed by atoms with Crippen molar-refractivity contribution in [2.75, 3.05) is 19.7 Å². The van der Waals surface area contributed by atoms with Crippen molar-refractivity contribution in [1.29, 1.82) is 0 Å². The van der Waals surface area contributed by atoms with E-state index in [4.69, 9.17) is 4.74 Å². The molecule has 180 valence electrons. The topological polar surface area (TPSA) is 68.6 Å². The Labute approximate surface area is 201 Å². The predicted molar refractivity (Wildman–Crippen MR) is 130 cm³/mol. The normalized spacial score (nSPS) is 18.3. The van der Waals surface area contributed by atoms with Gasteiger partial charge in [0.25, 0.3) is 0 Å². The minimum Gasteiger partial charge on any atom is -0.465 e. The van der Waals surface area contributed by atoms with Crippen LogP contribution in [0.25, 0.3) is 0 Å². The van der Waals surface area contributed by atoms with E-state index in [2.05, 4.69) is 25.3 Å². The van der Waals surface area contributed by atoms with Crippen molar-refractivity contribution in [3.63, 3.8) is 0 Å². The third-order valence-corrected chi connectivity index (χ3v) is 9.89. The Kier molecular flexibility index (Phi) is 6.99. The van der Waals surface area contributed by atoms with E-state index in [0.29, 0.717) is 24.6 Å². The molecule has 0 saturated carbocycles. The lowest BCUT2D eigenvalue weighted by Gasteiger charge is -2.31. The van der Waals surface area contributed by atoms with Crippen LogP contribution in [0.4, 0.5) is 0 Å². The maximum Gasteiger partial charge on any atom is 0.325 e. The Balaban J connectivity index is 1.63. The van der Waals surface area contributed by atoms with Crippen molar-refractivity contribution >= 4 is 27.8 Å². The van der Waals surface area contributed by atoms with Crippen LogP contribution in [0.3, 0.4) is 0 Å². The highest BCUT2D eigenvalue weighted by atomic mass is 32.2. The number of hydrogen-bond acceptors (Lipinski definition) is 5. The van der Waals surface area contributed by atoms with E-state index in [1.165, 1.54) is 16.2 Å². The number of ether oxygens (including phenoxy) is 1. The second kappa shape index (κ2) is 9.47. The van der Waals surface area contributed by atoms with Gasteiger partial charge in [-0.2, -0.15) is 4.31 Å². The quantitative estimate of drug-likeness (QED) is 0.521. The third kappa shape index (κ3) is 5.03. The van der Waals surface area contributed by atoms with E-state index >= 15 is 0 Å². The smallest absolute Gasteiger partial charge is 0.325 e. The molecule has 1 aliphatic heterocycles. The number of benzene rings is 1. The van der Waals surface area contributed by atoms with Crippen molar-refractivity contribution in [2.45, 2.75) is 81.0 Å². The number of carbonyl (C=O) groups is 1. The van der Waals surface area contributed by atoms with Crippen molar-refractivity contribution in [3.05, 3.63) is 41.2 Å². The van der Waals surface area contributed by atoms with Crippen molar-refractivity contribution in [1.82, 2.24) is 8.87 Å². The summed E-state index contributed by atoms with van der Waals surface area (Å²) in [5, 5.41) is 0. The summed E-state index contributed by atoms with van der Waals surface area (Å²) >= 11 is 1.66. The van der Waals surface area contributed by atoms with E-state index in [-0.39, 0.29) is 17.9 Å². The molecule has 6 nitrogen and oxygen atoms in total. The fraction of sp³-hybridized carbons (Fsp3) is 0.560. The van der Waals surface area contributed by atoms with E-state index in [0.717, 1.165) is 42.7 Å². The van der Waals surface area contributed by atoms with Crippen LogP contribution in [-0.2, 0) is 38.9 Å². The molecular formula is C25H34N2O4S2. The molecule has 1 fully saturated rings. The highest BCUT2D eigenvalue weighted by Crippen LogP contribution is 2.44. The Morgan fingerprint density at radius 2 is 1.82 bits per heavy atom. The number of carbonyl (C=O) groups excluding carboxylic acids is 1. The van der Waals surface area contributed by atoms with Crippen LogP contribution in [-0.4, -0.2) is 43.0 Å². The zero-order valence-corrected chi connectivity index (χ0v) is 21.7. The van der Waals surface area contributed by atoms with E-state index < -0.39 is 10.0 Å². The number of esters is 1. The molecule has 8 heteroatoms. The molecule has 0 atom stereocenters.